The smallest absolute Gasteiger partial charge is 0.283 e. The molecule has 8 heteroatoms. The molecule has 1 amide bonds. The maximum atomic E-state index is 13.3. The highest BCUT2D eigenvalue weighted by atomic mass is 32.2. The summed E-state index contributed by atoms with van der Waals surface area (Å²) in [5.74, 6) is -0.728. The van der Waals surface area contributed by atoms with E-state index in [1.165, 1.54) is 12.1 Å². The van der Waals surface area contributed by atoms with Crippen LogP contribution in [0.25, 0.3) is 11.3 Å². The van der Waals surface area contributed by atoms with Crippen molar-refractivity contribution in [2.45, 2.75) is 39.1 Å². The summed E-state index contributed by atoms with van der Waals surface area (Å²) in [5, 5.41) is 4.74. The van der Waals surface area contributed by atoms with Gasteiger partial charge in [-0.1, -0.05) is 48.5 Å². The zero-order valence-corrected chi connectivity index (χ0v) is 22.4. The van der Waals surface area contributed by atoms with Gasteiger partial charge in [-0.05, 0) is 74.7 Å². The third-order valence-corrected chi connectivity index (χ3v) is 7.88. The third kappa shape index (κ3) is 5.75. The number of nitrogens with zero attached hydrogens (tertiary/aromatic N) is 3. The highest BCUT2D eigenvalue weighted by Gasteiger charge is 2.23. The highest BCUT2D eigenvalue weighted by Crippen LogP contribution is 2.25. The Hall–Kier alpha value is -3.91. The Kier molecular flexibility index (Phi) is 7.78. The van der Waals surface area contributed by atoms with Crippen LogP contribution in [0, 0.1) is 13.8 Å². The van der Waals surface area contributed by atoms with Gasteiger partial charge >= 0.3 is 0 Å². The molecule has 37 heavy (non-hydrogen) atoms. The van der Waals surface area contributed by atoms with Gasteiger partial charge < -0.3 is 4.90 Å². The standard InChI is InChI=1S/C29H32N4O3S.H2/c1-5-32(6-2)24-17-15-23(16-18-24)27-19-28(29(34)31-37(35,36)25-13-8-7-9-14-25)33(30-27)20-26-21(3)11-10-12-22(26)4;/h7-19H,5-6,20H2,1-4H3,(H,31,34);1H. The third-order valence-electron chi connectivity index (χ3n) is 6.54. The first-order chi connectivity index (χ1) is 17.7. The van der Waals surface area contributed by atoms with Gasteiger partial charge in [0.05, 0.1) is 17.1 Å². The normalized spacial score (nSPS) is 11.4. The van der Waals surface area contributed by atoms with Crippen molar-refractivity contribution in [3.05, 3.63) is 101 Å². The van der Waals surface area contributed by atoms with Crippen LogP contribution in [0.2, 0.25) is 0 Å². The van der Waals surface area contributed by atoms with Crippen LogP contribution in [0.5, 0.6) is 0 Å². The van der Waals surface area contributed by atoms with Crippen molar-refractivity contribution < 1.29 is 14.6 Å². The Morgan fingerprint density at radius 3 is 2.14 bits per heavy atom. The van der Waals surface area contributed by atoms with Crippen molar-refractivity contribution in [2.24, 2.45) is 0 Å². The molecule has 0 radical (unpaired) electrons. The average Bonchev–Trinajstić information content (AvgIpc) is 3.32. The van der Waals surface area contributed by atoms with Crippen LogP contribution in [0.15, 0.2) is 83.8 Å². The lowest BCUT2D eigenvalue weighted by Crippen LogP contribution is -2.32. The topological polar surface area (TPSA) is 84.3 Å². The van der Waals surface area contributed by atoms with Crippen LogP contribution < -0.4 is 9.62 Å². The second kappa shape index (κ2) is 11.0. The zero-order chi connectivity index (χ0) is 26.6. The molecule has 1 N–H and O–H groups in total. The molecule has 4 aromatic rings. The molecule has 0 saturated heterocycles. The molecule has 194 valence electrons. The van der Waals surface area contributed by atoms with Gasteiger partial charge in [-0.25, -0.2) is 13.1 Å². The number of aryl methyl sites for hydroxylation is 2. The maximum absolute atomic E-state index is 13.3. The number of aromatic nitrogens is 2. The van der Waals surface area contributed by atoms with Crippen molar-refractivity contribution >= 4 is 21.6 Å². The minimum Gasteiger partial charge on any atom is -0.372 e. The minimum atomic E-state index is -4.04. The fraction of sp³-hybridized carbons (Fsp3) is 0.241. The first-order valence-corrected chi connectivity index (χ1v) is 13.8. The molecule has 0 atom stereocenters. The lowest BCUT2D eigenvalue weighted by molar-refractivity contribution is 0.0971. The second-order valence-electron chi connectivity index (χ2n) is 8.91. The summed E-state index contributed by atoms with van der Waals surface area (Å²) in [6.45, 7) is 10.4. The molecular formula is C29H34N4O3S. The predicted molar refractivity (Wildman–Crippen MR) is 149 cm³/mol. The number of nitrogens with one attached hydrogen (secondary N) is 1. The van der Waals surface area contributed by atoms with Crippen molar-refractivity contribution in [3.8, 4) is 11.3 Å². The van der Waals surface area contributed by atoms with Gasteiger partial charge in [0, 0.05) is 25.8 Å². The molecule has 0 aliphatic heterocycles. The van der Waals surface area contributed by atoms with Crippen molar-refractivity contribution in [3.63, 3.8) is 0 Å². The Bertz CT molecular complexity index is 1480. The Labute approximate surface area is 220 Å². The maximum Gasteiger partial charge on any atom is 0.283 e. The molecule has 1 aromatic heterocycles. The summed E-state index contributed by atoms with van der Waals surface area (Å²) in [5.41, 5.74) is 5.90. The van der Waals surface area contributed by atoms with E-state index in [0.717, 1.165) is 41.0 Å². The monoisotopic (exact) mass is 518 g/mol. The van der Waals surface area contributed by atoms with Gasteiger partial charge in [-0.3, -0.25) is 9.48 Å². The lowest BCUT2D eigenvalue weighted by atomic mass is 10.0. The van der Waals surface area contributed by atoms with E-state index < -0.39 is 15.9 Å². The number of rotatable bonds is 9. The Morgan fingerprint density at radius 1 is 0.919 bits per heavy atom. The van der Waals surface area contributed by atoms with Crippen LogP contribution in [0.3, 0.4) is 0 Å². The molecule has 0 spiro atoms. The molecule has 0 bridgehead atoms. The number of sulfonamides is 1. The molecule has 0 saturated carbocycles. The van der Waals surface area contributed by atoms with Crippen molar-refractivity contribution in [1.29, 1.82) is 0 Å². The van der Waals surface area contributed by atoms with Crippen LogP contribution in [-0.4, -0.2) is 37.2 Å². The molecule has 0 unspecified atom stereocenters. The summed E-state index contributed by atoms with van der Waals surface area (Å²) >= 11 is 0. The van der Waals surface area contributed by atoms with Crippen LogP contribution in [0.1, 0.15) is 42.5 Å². The van der Waals surface area contributed by atoms with E-state index in [1.54, 1.807) is 28.9 Å². The van der Waals surface area contributed by atoms with E-state index in [9.17, 15) is 13.2 Å². The van der Waals surface area contributed by atoms with Gasteiger partial charge in [0.2, 0.25) is 0 Å². The number of carbonyl (C=O) groups excluding carboxylic acids is 1. The summed E-state index contributed by atoms with van der Waals surface area (Å²) in [4.78, 5) is 15.6. The number of hydrogen-bond donors (Lipinski definition) is 1. The summed E-state index contributed by atoms with van der Waals surface area (Å²) in [6.07, 6.45) is 0. The van der Waals surface area contributed by atoms with Crippen LogP contribution >= 0.6 is 0 Å². The molecule has 7 nitrogen and oxygen atoms in total. The Morgan fingerprint density at radius 2 is 1.54 bits per heavy atom. The van der Waals surface area contributed by atoms with Gasteiger partial charge in [0.15, 0.2) is 0 Å². The van der Waals surface area contributed by atoms with Gasteiger partial charge in [0.25, 0.3) is 15.9 Å². The largest absolute Gasteiger partial charge is 0.372 e. The van der Waals surface area contributed by atoms with Gasteiger partial charge in [0.1, 0.15) is 5.69 Å². The van der Waals surface area contributed by atoms with Crippen molar-refractivity contribution in [2.75, 3.05) is 18.0 Å². The first-order valence-electron chi connectivity index (χ1n) is 12.3. The molecular weight excluding hydrogens is 484 g/mol. The van der Waals surface area contributed by atoms with Crippen LogP contribution in [0.4, 0.5) is 5.69 Å². The average molecular weight is 519 g/mol. The molecule has 4 rings (SSSR count). The summed E-state index contributed by atoms with van der Waals surface area (Å²) in [6, 6.07) is 23.5. The van der Waals surface area contributed by atoms with E-state index in [0.29, 0.717) is 12.2 Å². The zero-order valence-electron chi connectivity index (χ0n) is 21.6. The minimum absolute atomic E-state index is 0. The van der Waals surface area contributed by atoms with E-state index >= 15 is 0 Å². The number of benzene rings is 3. The van der Waals surface area contributed by atoms with E-state index in [4.69, 9.17) is 5.10 Å². The first kappa shape index (κ1) is 26.2. The number of anilines is 1. The number of amides is 1. The number of carbonyl (C=O) groups is 1. The fourth-order valence-electron chi connectivity index (χ4n) is 4.37. The van der Waals surface area contributed by atoms with Gasteiger partial charge in [-0.2, -0.15) is 5.10 Å². The quantitative estimate of drug-likeness (QED) is 0.320. The Balaban J connectivity index is 0.00000400. The van der Waals surface area contributed by atoms with E-state index in [-0.39, 0.29) is 12.0 Å². The van der Waals surface area contributed by atoms with E-state index in [2.05, 4.69) is 23.5 Å². The lowest BCUT2D eigenvalue weighted by Gasteiger charge is -2.20. The highest BCUT2D eigenvalue weighted by molar-refractivity contribution is 7.90. The van der Waals surface area contributed by atoms with Gasteiger partial charge in [-0.15, -0.1) is 0 Å². The van der Waals surface area contributed by atoms with Crippen molar-refractivity contribution in [1.82, 2.24) is 14.5 Å². The molecule has 0 fully saturated rings. The fourth-order valence-corrected chi connectivity index (χ4v) is 5.36. The molecule has 3 aromatic carbocycles. The second-order valence-corrected chi connectivity index (χ2v) is 10.6. The summed E-state index contributed by atoms with van der Waals surface area (Å²) < 4.78 is 29.5. The summed E-state index contributed by atoms with van der Waals surface area (Å²) in [7, 11) is -4.04. The van der Waals surface area contributed by atoms with E-state index in [1.807, 2.05) is 56.3 Å². The number of hydrogen-bond acceptors (Lipinski definition) is 5. The molecule has 0 aliphatic carbocycles. The predicted octanol–water partition coefficient (Wildman–Crippen LogP) is 5.43. The molecule has 0 aliphatic rings. The van der Waals surface area contributed by atoms with Crippen LogP contribution in [-0.2, 0) is 16.6 Å². The SMILES string of the molecule is CCN(CC)c1ccc(-c2cc(C(=O)NS(=O)(=O)c3ccccc3)n(Cc3c(C)cccc3C)n2)cc1.[HH]. The molecule has 1 heterocycles.